The number of aromatic nitrogens is 1. The Balaban J connectivity index is 1.57. The second-order valence-electron chi connectivity index (χ2n) is 5.82. The van der Waals surface area contributed by atoms with Gasteiger partial charge >= 0.3 is 0 Å². The highest BCUT2D eigenvalue weighted by molar-refractivity contribution is 7.93. The van der Waals surface area contributed by atoms with E-state index in [-0.39, 0.29) is 10.8 Å². The predicted molar refractivity (Wildman–Crippen MR) is 108 cm³/mol. The fourth-order valence-electron chi connectivity index (χ4n) is 2.48. The number of nitrogens with one attached hydrogen (secondary N) is 2. The number of benzene rings is 2. The number of sulfonamides is 1. The lowest BCUT2D eigenvalue weighted by molar-refractivity contribution is 0.0954. The van der Waals surface area contributed by atoms with Crippen molar-refractivity contribution in [2.75, 3.05) is 18.4 Å². The molecule has 28 heavy (non-hydrogen) atoms. The van der Waals surface area contributed by atoms with Crippen LogP contribution in [0, 0.1) is 0 Å². The van der Waals surface area contributed by atoms with Crippen molar-refractivity contribution in [3.63, 3.8) is 0 Å². The van der Waals surface area contributed by atoms with Crippen molar-refractivity contribution in [2.24, 2.45) is 0 Å². The molecule has 7 nitrogen and oxygen atoms in total. The summed E-state index contributed by atoms with van der Waals surface area (Å²) in [7, 11) is -2.12. The zero-order chi connectivity index (χ0) is 20.0. The van der Waals surface area contributed by atoms with E-state index in [1.54, 1.807) is 12.5 Å². The van der Waals surface area contributed by atoms with E-state index in [4.69, 9.17) is 4.74 Å². The molecule has 1 aromatic heterocycles. The van der Waals surface area contributed by atoms with Gasteiger partial charge in [0.15, 0.2) is 5.13 Å². The summed E-state index contributed by atoms with van der Waals surface area (Å²) in [5, 5.41) is 4.79. The molecular formula is C19H19N3O4S2. The van der Waals surface area contributed by atoms with Gasteiger partial charge in [-0.1, -0.05) is 12.1 Å². The van der Waals surface area contributed by atoms with E-state index < -0.39 is 10.0 Å². The highest BCUT2D eigenvalue weighted by Crippen LogP contribution is 2.18. The first-order valence-electron chi connectivity index (χ1n) is 8.41. The zero-order valence-electron chi connectivity index (χ0n) is 15.1. The third kappa shape index (κ3) is 5.08. The highest BCUT2D eigenvalue weighted by atomic mass is 32.2. The van der Waals surface area contributed by atoms with E-state index in [9.17, 15) is 13.2 Å². The van der Waals surface area contributed by atoms with Crippen LogP contribution in [-0.4, -0.2) is 33.0 Å². The zero-order valence-corrected chi connectivity index (χ0v) is 16.7. The maximum Gasteiger partial charge on any atom is 0.263 e. The lowest BCUT2D eigenvalue weighted by Gasteiger charge is -2.08. The molecule has 0 radical (unpaired) electrons. The van der Waals surface area contributed by atoms with Gasteiger partial charge in [0.1, 0.15) is 5.75 Å². The van der Waals surface area contributed by atoms with Crippen molar-refractivity contribution >= 4 is 32.4 Å². The number of nitrogens with zero attached hydrogens (tertiary/aromatic N) is 1. The molecule has 1 amide bonds. The summed E-state index contributed by atoms with van der Waals surface area (Å²) in [6.07, 6.45) is 2.18. The van der Waals surface area contributed by atoms with Crippen LogP contribution in [0.3, 0.4) is 0 Å². The molecule has 0 fully saturated rings. The summed E-state index contributed by atoms with van der Waals surface area (Å²) >= 11 is 1.19. The van der Waals surface area contributed by atoms with Gasteiger partial charge in [0, 0.05) is 23.7 Å². The average Bonchev–Trinajstić information content (AvgIpc) is 3.20. The molecule has 0 saturated heterocycles. The van der Waals surface area contributed by atoms with E-state index in [1.807, 2.05) is 24.3 Å². The maximum atomic E-state index is 12.3. The van der Waals surface area contributed by atoms with Crippen LogP contribution in [-0.2, 0) is 16.4 Å². The van der Waals surface area contributed by atoms with E-state index in [0.717, 1.165) is 11.3 Å². The first-order chi connectivity index (χ1) is 13.5. The second kappa shape index (κ2) is 8.85. The van der Waals surface area contributed by atoms with Crippen molar-refractivity contribution in [3.8, 4) is 5.75 Å². The number of carbonyl (C=O) groups excluding carboxylic acids is 1. The molecule has 3 aromatic rings. The SMILES string of the molecule is COc1cccc(CCNC(=O)c2ccc(S(=O)(=O)Nc3nccs3)cc2)c1. The number of methoxy groups -OCH3 is 1. The van der Waals surface area contributed by atoms with Crippen LogP contribution in [0.2, 0.25) is 0 Å². The van der Waals surface area contributed by atoms with Crippen molar-refractivity contribution in [2.45, 2.75) is 11.3 Å². The molecule has 0 atom stereocenters. The normalized spacial score (nSPS) is 11.0. The Kier molecular flexibility index (Phi) is 6.27. The van der Waals surface area contributed by atoms with Crippen molar-refractivity contribution in [1.29, 1.82) is 0 Å². The fourth-order valence-corrected chi connectivity index (χ4v) is 4.27. The van der Waals surface area contributed by atoms with Gasteiger partial charge in [0.2, 0.25) is 0 Å². The highest BCUT2D eigenvalue weighted by Gasteiger charge is 2.16. The third-order valence-electron chi connectivity index (χ3n) is 3.91. The topological polar surface area (TPSA) is 97.4 Å². The first kappa shape index (κ1) is 19.8. The number of rotatable bonds is 8. The molecule has 0 saturated carbocycles. The molecule has 0 aliphatic rings. The van der Waals surface area contributed by atoms with Gasteiger partial charge in [0.05, 0.1) is 12.0 Å². The van der Waals surface area contributed by atoms with E-state index in [1.165, 1.54) is 41.8 Å². The monoisotopic (exact) mass is 417 g/mol. The Morgan fingerprint density at radius 1 is 1.18 bits per heavy atom. The molecule has 146 valence electrons. The number of thiazole rings is 1. The predicted octanol–water partition coefficient (Wildman–Crippen LogP) is 2.93. The van der Waals surface area contributed by atoms with E-state index >= 15 is 0 Å². The third-order valence-corrected chi connectivity index (χ3v) is 6.09. The number of hydrogen-bond acceptors (Lipinski definition) is 6. The molecular weight excluding hydrogens is 398 g/mol. The van der Waals surface area contributed by atoms with Crippen LogP contribution in [0.15, 0.2) is 65.0 Å². The summed E-state index contributed by atoms with van der Waals surface area (Å²) in [4.78, 5) is 16.2. The quantitative estimate of drug-likeness (QED) is 0.587. The van der Waals surface area contributed by atoms with Gasteiger partial charge in [-0.25, -0.2) is 13.4 Å². The molecule has 0 aliphatic carbocycles. The molecule has 0 aliphatic heterocycles. The van der Waals surface area contributed by atoms with Gasteiger partial charge in [-0.2, -0.15) is 0 Å². The summed E-state index contributed by atoms with van der Waals surface area (Å²) < 4.78 is 32.2. The number of hydrogen-bond donors (Lipinski definition) is 2. The number of anilines is 1. The molecule has 2 aromatic carbocycles. The Morgan fingerprint density at radius 2 is 1.96 bits per heavy atom. The molecule has 2 N–H and O–H groups in total. The number of amides is 1. The van der Waals surface area contributed by atoms with Gasteiger partial charge in [-0.3, -0.25) is 9.52 Å². The van der Waals surface area contributed by atoms with Crippen LogP contribution in [0.25, 0.3) is 0 Å². The maximum absolute atomic E-state index is 12.3. The Bertz CT molecular complexity index is 1030. The summed E-state index contributed by atoms with van der Waals surface area (Å²) in [5.74, 6) is 0.506. The fraction of sp³-hybridized carbons (Fsp3) is 0.158. The summed E-state index contributed by atoms with van der Waals surface area (Å²) in [6, 6.07) is 13.4. The lowest BCUT2D eigenvalue weighted by atomic mass is 10.1. The number of carbonyl (C=O) groups is 1. The first-order valence-corrected chi connectivity index (χ1v) is 10.8. The van der Waals surface area contributed by atoms with Gasteiger partial charge in [0.25, 0.3) is 15.9 Å². The molecule has 0 spiro atoms. The van der Waals surface area contributed by atoms with E-state index in [2.05, 4.69) is 15.0 Å². The number of ether oxygens (including phenoxy) is 1. The Labute approximate surface area is 167 Å². The molecule has 0 bridgehead atoms. The largest absolute Gasteiger partial charge is 0.497 e. The van der Waals surface area contributed by atoms with Gasteiger partial charge in [-0.15, -0.1) is 11.3 Å². The minimum Gasteiger partial charge on any atom is -0.497 e. The summed E-state index contributed by atoms with van der Waals surface area (Å²) in [5.41, 5.74) is 1.44. The average molecular weight is 418 g/mol. The van der Waals surface area contributed by atoms with Gasteiger partial charge in [-0.05, 0) is 48.4 Å². The van der Waals surface area contributed by atoms with Crippen LogP contribution in [0.1, 0.15) is 15.9 Å². The molecule has 1 heterocycles. The Morgan fingerprint density at radius 3 is 2.64 bits per heavy atom. The van der Waals surface area contributed by atoms with Crippen LogP contribution in [0.4, 0.5) is 5.13 Å². The summed E-state index contributed by atoms with van der Waals surface area (Å²) in [6.45, 7) is 0.456. The molecule has 0 unspecified atom stereocenters. The second-order valence-corrected chi connectivity index (χ2v) is 8.40. The lowest BCUT2D eigenvalue weighted by Crippen LogP contribution is -2.25. The van der Waals surface area contributed by atoms with Crippen molar-refractivity contribution in [3.05, 3.63) is 71.2 Å². The van der Waals surface area contributed by atoms with Gasteiger partial charge < -0.3 is 10.1 Å². The molecule has 9 heteroatoms. The standard InChI is InChI=1S/C19H19N3O4S2/c1-26-16-4-2-3-14(13-16)9-10-20-18(23)15-5-7-17(8-6-15)28(24,25)22-19-21-11-12-27-19/h2-8,11-13H,9-10H2,1H3,(H,20,23)(H,21,22). The Hall–Kier alpha value is -2.91. The van der Waals surface area contributed by atoms with Crippen molar-refractivity contribution in [1.82, 2.24) is 10.3 Å². The van der Waals surface area contributed by atoms with Crippen molar-refractivity contribution < 1.29 is 17.9 Å². The van der Waals surface area contributed by atoms with Crippen LogP contribution < -0.4 is 14.8 Å². The van der Waals surface area contributed by atoms with Crippen LogP contribution in [0.5, 0.6) is 5.75 Å². The van der Waals surface area contributed by atoms with E-state index in [0.29, 0.717) is 23.7 Å². The smallest absolute Gasteiger partial charge is 0.263 e. The minimum atomic E-state index is -3.73. The minimum absolute atomic E-state index is 0.0654. The van der Waals surface area contributed by atoms with Crippen LogP contribution >= 0.6 is 11.3 Å². The molecule has 3 rings (SSSR count).